The van der Waals surface area contributed by atoms with E-state index in [2.05, 4.69) is 0 Å². The second-order valence-electron chi connectivity index (χ2n) is 5.27. The molecule has 0 aromatic heterocycles. The third-order valence-corrected chi connectivity index (χ3v) is 3.60. The zero-order valence-corrected chi connectivity index (χ0v) is 14.6. The first-order valence-electron chi connectivity index (χ1n) is 8.00. The maximum absolute atomic E-state index is 11.7. The fourth-order valence-electron chi connectivity index (χ4n) is 2.34. The summed E-state index contributed by atoms with van der Waals surface area (Å²) in [7, 11) is 3.43. The molecule has 2 rings (SSSR count). The molecule has 0 heterocycles. The van der Waals surface area contributed by atoms with Gasteiger partial charge in [-0.2, -0.15) is 0 Å². The number of hydrogen-bond donors (Lipinski definition) is 0. The minimum absolute atomic E-state index is 0.137. The molecule has 0 unspecified atom stereocenters. The first kappa shape index (κ1) is 18.6. The van der Waals surface area contributed by atoms with Gasteiger partial charge in [-0.25, -0.2) is 0 Å². The number of methoxy groups -OCH3 is 1. The highest BCUT2D eigenvalue weighted by Crippen LogP contribution is 2.33. The largest absolute Gasteiger partial charge is 0.493 e. The van der Waals surface area contributed by atoms with Crippen LogP contribution in [0.3, 0.4) is 0 Å². The Kier molecular flexibility index (Phi) is 6.63. The molecule has 0 aliphatic carbocycles. The van der Waals surface area contributed by atoms with Gasteiger partial charge in [-0.3, -0.25) is 9.59 Å². The van der Waals surface area contributed by atoms with Gasteiger partial charge in [-0.1, -0.05) is 30.5 Å². The summed E-state index contributed by atoms with van der Waals surface area (Å²) in [4.78, 5) is 23.0. The topological polar surface area (TPSA) is 61.8 Å². The second-order valence-corrected chi connectivity index (χ2v) is 5.27. The van der Waals surface area contributed by atoms with Crippen molar-refractivity contribution >= 4 is 25.0 Å². The minimum Gasteiger partial charge on any atom is -0.493 e. The van der Waals surface area contributed by atoms with Crippen molar-refractivity contribution in [1.82, 2.24) is 0 Å². The zero-order valence-electron chi connectivity index (χ0n) is 14.6. The highest BCUT2D eigenvalue weighted by atomic mass is 16.5. The maximum Gasteiger partial charge on any atom is 0.310 e. The van der Waals surface area contributed by atoms with Crippen LogP contribution < -0.4 is 14.9 Å². The predicted octanol–water partition coefficient (Wildman–Crippen LogP) is 2.78. The van der Waals surface area contributed by atoms with Gasteiger partial charge in [0.1, 0.15) is 13.0 Å². The van der Waals surface area contributed by atoms with E-state index >= 15 is 0 Å². The van der Waals surface area contributed by atoms with Crippen molar-refractivity contribution in [1.29, 1.82) is 0 Å². The molecule has 0 saturated heterocycles. The Labute approximate surface area is 148 Å². The Morgan fingerprint density at radius 3 is 2.52 bits per heavy atom. The van der Waals surface area contributed by atoms with E-state index in [-0.39, 0.29) is 12.4 Å². The molecule has 2 aromatic carbocycles. The van der Waals surface area contributed by atoms with Crippen molar-refractivity contribution in [3.63, 3.8) is 0 Å². The number of carbonyl (C=O) groups excluding carboxylic acids is 2. The molecule has 6 heteroatoms. The quantitative estimate of drug-likeness (QED) is 0.420. The van der Waals surface area contributed by atoms with Gasteiger partial charge in [0, 0.05) is 0 Å². The molecule has 0 aliphatic rings. The molecular weight excluding hydrogens is 319 g/mol. The van der Waals surface area contributed by atoms with Gasteiger partial charge in [-0.15, -0.1) is 0 Å². The molecule has 2 aromatic rings. The van der Waals surface area contributed by atoms with E-state index in [1.807, 2.05) is 20.2 Å². The number of esters is 1. The maximum atomic E-state index is 11.7. The summed E-state index contributed by atoms with van der Waals surface area (Å²) in [6, 6.07) is 10.5. The average Bonchev–Trinajstić information content (AvgIpc) is 2.62. The third kappa shape index (κ3) is 4.86. The van der Waals surface area contributed by atoms with Crippen LogP contribution in [0.5, 0.6) is 17.2 Å². The molecule has 25 heavy (non-hydrogen) atoms. The molecule has 0 bridgehead atoms. The minimum atomic E-state index is -0.310. The van der Waals surface area contributed by atoms with Crippen molar-refractivity contribution < 1.29 is 23.8 Å². The fraction of sp³-hybridized carbons (Fsp3) is 0.263. The van der Waals surface area contributed by atoms with Crippen molar-refractivity contribution in [2.75, 3.05) is 13.7 Å². The fourth-order valence-corrected chi connectivity index (χ4v) is 2.34. The van der Waals surface area contributed by atoms with Crippen molar-refractivity contribution in [3.8, 4) is 17.2 Å². The summed E-state index contributed by atoms with van der Waals surface area (Å²) < 4.78 is 16.2. The van der Waals surface area contributed by atoms with E-state index in [0.29, 0.717) is 29.4 Å². The average molecular weight is 339 g/mol. The Balaban J connectivity index is 2.31. The molecule has 1 radical (unpaired) electrons. The van der Waals surface area contributed by atoms with Crippen LogP contribution in [0.15, 0.2) is 36.4 Å². The van der Waals surface area contributed by atoms with Crippen LogP contribution in [0.4, 0.5) is 0 Å². The van der Waals surface area contributed by atoms with E-state index in [1.165, 1.54) is 7.11 Å². The van der Waals surface area contributed by atoms with Crippen LogP contribution >= 0.6 is 0 Å². The van der Waals surface area contributed by atoms with Gasteiger partial charge in [0.2, 0.25) is 0 Å². The first-order valence-corrected chi connectivity index (χ1v) is 8.00. The van der Waals surface area contributed by atoms with Gasteiger partial charge in [0.05, 0.1) is 25.7 Å². The summed E-state index contributed by atoms with van der Waals surface area (Å²) in [5.41, 5.74) is 2.10. The summed E-state index contributed by atoms with van der Waals surface area (Å²) in [5.74, 6) is 1.05. The van der Waals surface area contributed by atoms with Crippen molar-refractivity contribution in [2.24, 2.45) is 0 Å². The first-order chi connectivity index (χ1) is 12.1. The van der Waals surface area contributed by atoms with E-state index in [4.69, 9.17) is 14.2 Å². The standard InChI is InChI=1S/C19H20BO5/c1-4-24-19(22)10-13-5-7-17(23-3)18(9-13)25-16-8-6-15(20-2)11-14(16)12-21/h5-9,11-12H,4,10H2,1-3H3. The lowest BCUT2D eigenvalue weighted by Gasteiger charge is -2.14. The number of ether oxygens (including phenoxy) is 3. The molecule has 0 spiro atoms. The van der Waals surface area contributed by atoms with E-state index in [1.54, 1.807) is 37.3 Å². The molecule has 0 atom stereocenters. The van der Waals surface area contributed by atoms with Gasteiger partial charge < -0.3 is 14.2 Å². The highest BCUT2D eigenvalue weighted by molar-refractivity contribution is 6.52. The molecule has 0 amide bonds. The van der Waals surface area contributed by atoms with E-state index in [0.717, 1.165) is 17.3 Å². The molecular formula is C19H20BO5. The third-order valence-electron chi connectivity index (χ3n) is 3.60. The molecule has 0 fully saturated rings. The molecule has 0 N–H and O–H groups in total. The Morgan fingerprint density at radius 2 is 1.88 bits per heavy atom. The van der Waals surface area contributed by atoms with Gasteiger partial charge in [0.25, 0.3) is 0 Å². The predicted molar refractivity (Wildman–Crippen MR) is 96.5 cm³/mol. The lowest BCUT2D eigenvalue weighted by Crippen LogP contribution is -2.11. The van der Waals surface area contributed by atoms with Crippen LogP contribution in [0.2, 0.25) is 6.82 Å². The number of benzene rings is 2. The molecule has 0 aliphatic heterocycles. The Morgan fingerprint density at radius 1 is 1.12 bits per heavy atom. The van der Waals surface area contributed by atoms with Gasteiger partial charge in [0.15, 0.2) is 17.8 Å². The van der Waals surface area contributed by atoms with E-state index in [9.17, 15) is 9.59 Å². The van der Waals surface area contributed by atoms with Crippen molar-refractivity contribution in [2.45, 2.75) is 20.2 Å². The SMILES string of the molecule is C[B]c1ccc(Oc2cc(CC(=O)OCC)ccc2OC)c(C=O)c1. The summed E-state index contributed by atoms with van der Waals surface area (Å²) in [5, 5.41) is 0. The van der Waals surface area contributed by atoms with Crippen LogP contribution in [-0.4, -0.2) is 33.3 Å². The normalized spacial score (nSPS) is 10.0. The van der Waals surface area contributed by atoms with Gasteiger partial charge >= 0.3 is 5.97 Å². The zero-order chi connectivity index (χ0) is 18.2. The second kappa shape index (κ2) is 8.92. The lowest BCUT2D eigenvalue weighted by atomic mass is 9.73. The smallest absolute Gasteiger partial charge is 0.310 e. The van der Waals surface area contributed by atoms with Crippen LogP contribution in [0.1, 0.15) is 22.8 Å². The Hall–Kier alpha value is -2.76. The van der Waals surface area contributed by atoms with Crippen LogP contribution in [0.25, 0.3) is 0 Å². The number of hydrogen-bond acceptors (Lipinski definition) is 5. The summed E-state index contributed by atoms with van der Waals surface area (Å²) in [6.07, 6.45) is 0.885. The lowest BCUT2D eigenvalue weighted by molar-refractivity contribution is -0.142. The summed E-state index contributed by atoms with van der Waals surface area (Å²) in [6.45, 7) is 3.99. The summed E-state index contributed by atoms with van der Waals surface area (Å²) >= 11 is 0. The van der Waals surface area contributed by atoms with E-state index < -0.39 is 0 Å². The van der Waals surface area contributed by atoms with Crippen LogP contribution in [-0.2, 0) is 16.0 Å². The molecule has 129 valence electrons. The highest BCUT2D eigenvalue weighted by Gasteiger charge is 2.12. The molecule has 0 saturated carbocycles. The van der Waals surface area contributed by atoms with Crippen molar-refractivity contribution in [3.05, 3.63) is 47.5 Å². The Bertz CT molecular complexity index is 757. The number of rotatable bonds is 8. The number of carbonyl (C=O) groups is 2. The van der Waals surface area contributed by atoms with Crippen LogP contribution in [0, 0.1) is 0 Å². The van der Waals surface area contributed by atoms with Gasteiger partial charge in [-0.05, 0) is 30.7 Å². The molecule has 5 nitrogen and oxygen atoms in total. The monoisotopic (exact) mass is 339 g/mol. The number of aldehydes is 1.